The number of hydrogen-bond acceptors (Lipinski definition) is 8. The van der Waals surface area contributed by atoms with Gasteiger partial charge < -0.3 is 19.3 Å². The number of aliphatic carboxylic acids is 1. The van der Waals surface area contributed by atoms with Crippen LogP contribution in [0.3, 0.4) is 0 Å². The highest BCUT2D eigenvalue weighted by molar-refractivity contribution is 7.92. The third-order valence-corrected chi connectivity index (χ3v) is 6.74. The summed E-state index contributed by atoms with van der Waals surface area (Å²) in [6.07, 6.45) is -0.974. The van der Waals surface area contributed by atoms with Crippen molar-refractivity contribution < 1.29 is 32.5 Å². The molecule has 0 amide bonds. The normalized spacial score (nSPS) is 12.6. The summed E-state index contributed by atoms with van der Waals surface area (Å²) >= 11 is 0. The summed E-state index contributed by atoms with van der Waals surface area (Å²) in [6, 6.07) is 17.0. The minimum Gasteiger partial charge on any atom is -0.481 e. The van der Waals surface area contributed by atoms with E-state index in [9.17, 15) is 18.3 Å². The molecule has 0 bridgehead atoms. The fourth-order valence-electron chi connectivity index (χ4n) is 3.52. The summed E-state index contributed by atoms with van der Waals surface area (Å²) in [7, 11) is -1.44. The van der Waals surface area contributed by atoms with Crippen LogP contribution in [0.15, 0.2) is 66.7 Å². The highest BCUT2D eigenvalue weighted by atomic mass is 32.2. The highest BCUT2D eigenvalue weighted by Gasteiger charge is 2.56. The molecule has 10 heteroatoms. The highest BCUT2D eigenvalue weighted by Crippen LogP contribution is 2.42. The lowest BCUT2D eigenvalue weighted by Gasteiger charge is -2.37. The second-order valence-corrected chi connectivity index (χ2v) is 9.00. The van der Waals surface area contributed by atoms with E-state index >= 15 is 0 Å². The Morgan fingerprint density at radius 1 is 0.906 bits per heavy atom. The second kappa shape index (κ2) is 9.23. The Bertz CT molecular complexity index is 1120. The van der Waals surface area contributed by atoms with Crippen molar-refractivity contribution in [3.05, 3.63) is 77.9 Å². The molecule has 168 valence electrons. The summed E-state index contributed by atoms with van der Waals surface area (Å²) in [6.45, 7) is 0. The van der Waals surface area contributed by atoms with Crippen molar-refractivity contribution in [2.45, 2.75) is 10.9 Å². The molecule has 0 spiro atoms. The number of hydrogen-bond donors (Lipinski definition) is 1. The third-order valence-electron chi connectivity index (χ3n) is 4.88. The molecule has 1 atom stereocenters. The van der Waals surface area contributed by atoms with E-state index in [4.69, 9.17) is 14.2 Å². The molecule has 3 aromatic rings. The first-order valence-corrected chi connectivity index (χ1v) is 11.3. The van der Waals surface area contributed by atoms with Gasteiger partial charge in [0, 0.05) is 6.26 Å². The van der Waals surface area contributed by atoms with Crippen LogP contribution in [0.2, 0.25) is 0 Å². The number of ether oxygens (including phenoxy) is 3. The first-order valence-electron chi connectivity index (χ1n) is 9.41. The molecule has 0 radical (unpaired) electrons. The van der Waals surface area contributed by atoms with Gasteiger partial charge in [-0.3, -0.25) is 0 Å². The summed E-state index contributed by atoms with van der Waals surface area (Å²) in [5.41, 5.74) is 0.437. The van der Waals surface area contributed by atoms with Crippen LogP contribution in [0.4, 0.5) is 0 Å². The van der Waals surface area contributed by atoms with Crippen molar-refractivity contribution in [3.63, 3.8) is 0 Å². The van der Waals surface area contributed by atoms with Crippen molar-refractivity contribution in [1.29, 1.82) is 0 Å². The predicted molar refractivity (Wildman–Crippen MR) is 116 cm³/mol. The fourth-order valence-corrected chi connectivity index (χ4v) is 5.19. The Labute approximate surface area is 185 Å². The van der Waals surface area contributed by atoms with E-state index < -0.39 is 32.7 Å². The number of aromatic nitrogens is 2. The van der Waals surface area contributed by atoms with Crippen LogP contribution in [0.1, 0.15) is 11.1 Å². The van der Waals surface area contributed by atoms with Gasteiger partial charge >= 0.3 is 12.0 Å². The molecule has 0 aliphatic heterocycles. The first kappa shape index (κ1) is 23.0. The van der Waals surface area contributed by atoms with E-state index in [1.807, 2.05) is 0 Å². The van der Waals surface area contributed by atoms with Crippen molar-refractivity contribution in [2.24, 2.45) is 0 Å². The Morgan fingerprint density at radius 3 is 1.69 bits per heavy atom. The predicted octanol–water partition coefficient (Wildman–Crippen LogP) is 2.31. The topological polar surface area (TPSA) is 125 Å². The van der Waals surface area contributed by atoms with Crippen molar-refractivity contribution in [1.82, 2.24) is 9.97 Å². The Balaban J connectivity index is 2.32. The molecule has 9 nitrogen and oxygen atoms in total. The maximum absolute atomic E-state index is 13.4. The molecule has 0 aliphatic carbocycles. The number of sulfone groups is 1. The van der Waals surface area contributed by atoms with E-state index in [2.05, 4.69) is 9.97 Å². The molecular weight excluding hydrogens is 436 g/mol. The molecule has 0 saturated carbocycles. The monoisotopic (exact) mass is 458 g/mol. The Kier molecular flexibility index (Phi) is 6.64. The van der Waals surface area contributed by atoms with Gasteiger partial charge in [-0.2, -0.15) is 9.97 Å². The number of benzene rings is 2. The number of methoxy groups -OCH3 is 2. The third kappa shape index (κ3) is 4.22. The summed E-state index contributed by atoms with van der Waals surface area (Å²) in [4.78, 5) is 20.6. The number of carboxylic acid groups (broad SMARTS) is 1. The number of carboxylic acids is 1. The van der Waals surface area contributed by atoms with Gasteiger partial charge in [-0.15, -0.1) is 0 Å². The lowest BCUT2D eigenvalue weighted by Crippen LogP contribution is -2.54. The molecule has 1 heterocycles. The number of nitrogens with zero attached hydrogens (tertiary/aromatic N) is 2. The van der Waals surface area contributed by atoms with Crippen molar-refractivity contribution in [2.75, 3.05) is 20.5 Å². The summed E-state index contributed by atoms with van der Waals surface area (Å²) < 4.78 is 40.6. The zero-order chi connectivity index (χ0) is 23.4. The van der Waals surface area contributed by atoms with Gasteiger partial charge in [0.25, 0.3) is 0 Å². The van der Waals surface area contributed by atoms with Gasteiger partial charge in [-0.25, -0.2) is 13.2 Å². The van der Waals surface area contributed by atoms with Gasteiger partial charge in [-0.05, 0) is 11.1 Å². The SMILES string of the molecule is COc1cc(OC)nc(OC(C(=O)O)C(c2ccccc2)(c2ccccc2)S(C)(=O)=O)n1. The molecule has 32 heavy (non-hydrogen) atoms. The molecule has 0 fully saturated rings. The van der Waals surface area contributed by atoms with Crippen LogP contribution >= 0.6 is 0 Å². The zero-order valence-corrected chi connectivity index (χ0v) is 18.4. The zero-order valence-electron chi connectivity index (χ0n) is 17.6. The molecule has 1 N–H and O–H groups in total. The van der Waals surface area contributed by atoms with Crippen molar-refractivity contribution >= 4 is 15.8 Å². The van der Waals surface area contributed by atoms with E-state index in [-0.39, 0.29) is 22.9 Å². The van der Waals surface area contributed by atoms with Gasteiger partial charge in [0.05, 0.1) is 20.3 Å². The average molecular weight is 458 g/mol. The Hall–Kier alpha value is -3.66. The molecule has 2 aromatic carbocycles. The van der Waals surface area contributed by atoms with E-state index in [1.165, 1.54) is 20.3 Å². The Morgan fingerprint density at radius 2 is 1.34 bits per heavy atom. The van der Waals surface area contributed by atoms with Gasteiger partial charge in [0.2, 0.25) is 17.9 Å². The maximum Gasteiger partial charge on any atom is 0.347 e. The summed E-state index contributed by atoms with van der Waals surface area (Å²) in [5.74, 6) is -1.41. The smallest absolute Gasteiger partial charge is 0.347 e. The molecule has 0 saturated heterocycles. The molecule has 1 aromatic heterocycles. The lowest BCUT2D eigenvalue weighted by molar-refractivity contribution is -0.146. The van der Waals surface area contributed by atoms with Crippen LogP contribution in [0.25, 0.3) is 0 Å². The maximum atomic E-state index is 13.4. The van der Waals surface area contributed by atoms with Gasteiger partial charge in [-0.1, -0.05) is 60.7 Å². The van der Waals surface area contributed by atoms with Crippen LogP contribution in [0, 0.1) is 0 Å². The largest absolute Gasteiger partial charge is 0.481 e. The van der Waals surface area contributed by atoms with Crippen molar-refractivity contribution in [3.8, 4) is 17.8 Å². The standard InChI is InChI=1S/C22H22N2O7S/c1-29-17-14-18(30-2)24-21(23-17)31-19(20(25)26)22(32(3,27)28,15-10-6-4-7-11-15)16-12-8-5-9-13-16/h4-14,19H,1-3H3,(H,25,26). The minimum atomic E-state index is -4.15. The molecule has 3 rings (SSSR count). The van der Waals surface area contributed by atoms with E-state index in [1.54, 1.807) is 60.7 Å². The average Bonchev–Trinajstić information content (AvgIpc) is 2.79. The van der Waals surface area contributed by atoms with Gasteiger partial charge in [0.1, 0.15) is 0 Å². The summed E-state index contributed by atoms with van der Waals surface area (Å²) in [5, 5.41) is 10.2. The number of rotatable bonds is 9. The van der Waals surface area contributed by atoms with Gasteiger partial charge in [0.15, 0.2) is 14.6 Å². The second-order valence-electron chi connectivity index (χ2n) is 6.81. The quantitative estimate of drug-likeness (QED) is 0.514. The lowest BCUT2D eigenvalue weighted by atomic mass is 9.85. The van der Waals surface area contributed by atoms with E-state index in [0.717, 1.165) is 6.26 Å². The first-order chi connectivity index (χ1) is 15.2. The van der Waals surface area contributed by atoms with Crippen LogP contribution in [0.5, 0.6) is 17.8 Å². The molecule has 0 aliphatic rings. The fraction of sp³-hybridized carbons (Fsp3) is 0.227. The number of carbonyl (C=O) groups is 1. The van der Waals surface area contributed by atoms with E-state index in [0.29, 0.717) is 0 Å². The minimum absolute atomic E-state index is 0.0559. The molecule has 1 unspecified atom stereocenters. The molecular formula is C22H22N2O7S. The van der Waals surface area contributed by atoms with Crippen LogP contribution in [-0.4, -0.2) is 56.0 Å². The van der Waals surface area contributed by atoms with Crippen LogP contribution < -0.4 is 14.2 Å². The van der Waals surface area contributed by atoms with Crippen LogP contribution in [-0.2, 0) is 19.4 Å².